The highest BCUT2D eigenvalue weighted by atomic mass is 16.6. The first-order valence-electron chi connectivity index (χ1n) is 3.53. The Morgan fingerprint density at radius 1 is 1.82 bits per heavy atom. The van der Waals surface area contributed by atoms with Crippen LogP contribution in [-0.4, -0.2) is 23.3 Å². The monoisotopic (exact) mass is 154 g/mol. The van der Waals surface area contributed by atoms with Gasteiger partial charge >= 0.3 is 5.97 Å². The van der Waals surface area contributed by atoms with Crippen molar-refractivity contribution >= 4 is 5.97 Å². The summed E-state index contributed by atoms with van der Waals surface area (Å²) in [6.45, 7) is -0.0442. The first-order valence-corrected chi connectivity index (χ1v) is 3.53. The molecule has 11 heavy (non-hydrogen) atoms. The van der Waals surface area contributed by atoms with Gasteiger partial charge in [0.2, 0.25) is 0 Å². The van der Waals surface area contributed by atoms with E-state index in [0.717, 1.165) is 0 Å². The van der Waals surface area contributed by atoms with Gasteiger partial charge < -0.3 is 9.84 Å². The van der Waals surface area contributed by atoms with E-state index in [2.05, 4.69) is 5.92 Å². The van der Waals surface area contributed by atoms with E-state index < -0.39 is 5.60 Å². The molecule has 0 bridgehead atoms. The predicted molar refractivity (Wildman–Crippen MR) is 38.6 cm³/mol. The van der Waals surface area contributed by atoms with Gasteiger partial charge in [0.25, 0.3) is 0 Å². The highest BCUT2D eigenvalue weighted by molar-refractivity contribution is 5.73. The van der Waals surface area contributed by atoms with Crippen LogP contribution in [0.1, 0.15) is 19.3 Å². The van der Waals surface area contributed by atoms with Crippen LogP contribution in [0.3, 0.4) is 0 Å². The summed E-state index contributed by atoms with van der Waals surface area (Å²) < 4.78 is 4.90. The molecule has 60 valence electrons. The van der Waals surface area contributed by atoms with Crippen molar-refractivity contribution in [3.8, 4) is 12.3 Å². The molecule has 1 aliphatic rings. The second-order valence-electron chi connectivity index (χ2n) is 2.59. The van der Waals surface area contributed by atoms with Crippen molar-refractivity contribution in [1.29, 1.82) is 0 Å². The average molecular weight is 154 g/mol. The molecule has 1 fully saturated rings. The minimum Gasteiger partial charge on any atom is -0.446 e. The van der Waals surface area contributed by atoms with Crippen molar-refractivity contribution in [3.05, 3.63) is 0 Å². The zero-order valence-electron chi connectivity index (χ0n) is 6.17. The smallest absolute Gasteiger partial charge is 0.307 e. The van der Waals surface area contributed by atoms with Gasteiger partial charge in [-0.1, -0.05) is 5.92 Å². The summed E-state index contributed by atoms with van der Waals surface area (Å²) in [6.07, 6.45) is 6.42. The Morgan fingerprint density at radius 2 is 2.55 bits per heavy atom. The second kappa shape index (κ2) is 2.93. The number of cyclic esters (lactones) is 1. The summed E-state index contributed by atoms with van der Waals surface area (Å²) in [7, 11) is 0. The highest BCUT2D eigenvalue weighted by Gasteiger charge is 2.37. The fraction of sp³-hybridized carbons (Fsp3) is 0.625. The number of carbonyl (C=O) groups excluding carboxylic acids is 1. The number of aliphatic hydroxyl groups excluding tert-OH is 1. The molecule has 1 rings (SSSR count). The van der Waals surface area contributed by atoms with Crippen molar-refractivity contribution in [3.63, 3.8) is 0 Å². The average Bonchev–Trinajstić information content (AvgIpc) is 2.34. The zero-order chi connectivity index (χ0) is 8.32. The van der Waals surface area contributed by atoms with E-state index in [1.165, 1.54) is 0 Å². The van der Waals surface area contributed by atoms with E-state index in [1.807, 2.05) is 0 Å². The zero-order valence-corrected chi connectivity index (χ0v) is 6.17. The van der Waals surface area contributed by atoms with Crippen LogP contribution >= 0.6 is 0 Å². The van der Waals surface area contributed by atoms with E-state index in [-0.39, 0.29) is 12.6 Å². The maximum atomic E-state index is 10.7. The topological polar surface area (TPSA) is 46.5 Å². The Labute approximate surface area is 65.4 Å². The Bertz CT molecular complexity index is 204. The summed E-state index contributed by atoms with van der Waals surface area (Å²) >= 11 is 0. The van der Waals surface area contributed by atoms with Crippen LogP contribution in [0, 0.1) is 12.3 Å². The van der Waals surface area contributed by atoms with Crippen molar-refractivity contribution < 1.29 is 14.6 Å². The number of esters is 1. The lowest BCUT2D eigenvalue weighted by atomic mass is 9.98. The number of rotatable bonds is 2. The molecule has 0 spiro atoms. The van der Waals surface area contributed by atoms with Gasteiger partial charge in [0, 0.05) is 19.4 Å². The van der Waals surface area contributed by atoms with Crippen LogP contribution in [0.25, 0.3) is 0 Å². The molecule has 1 N–H and O–H groups in total. The lowest BCUT2D eigenvalue weighted by Crippen LogP contribution is -2.27. The molecular weight excluding hydrogens is 144 g/mol. The van der Waals surface area contributed by atoms with Crippen LogP contribution in [0.4, 0.5) is 0 Å². The summed E-state index contributed by atoms with van der Waals surface area (Å²) in [5.41, 5.74) is -0.814. The molecule has 0 saturated carbocycles. The number of carbonyl (C=O) groups is 1. The summed E-state index contributed by atoms with van der Waals surface area (Å²) in [5.74, 6) is 2.14. The van der Waals surface area contributed by atoms with E-state index in [9.17, 15) is 4.79 Å². The summed E-state index contributed by atoms with van der Waals surface area (Å²) in [5, 5.41) is 8.62. The second-order valence-corrected chi connectivity index (χ2v) is 2.59. The molecule has 3 nitrogen and oxygen atoms in total. The molecule has 3 heteroatoms. The molecule has 0 aliphatic carbocycles. The molecule has 1 aliphatic heterocycles. The molecule has 1 unspecified atom stereocenters. The molecule has 1 heterocycles. The Morgan fingerprint density at radius 3 is 2.91 bits per heavy atom. The Hall–Kier alpha value is -1.01. The molecule has 0 radical (unpaired) electrons. The molecule has 0 aromatic rings. The fourth-order valence-electron chi connectivity index (χ4n) is 1.15. The van der Waals surface area contributed by atoms with E-state index >= 15 is 0 Å². The third kappa shape index (κ3) is 1.52. The lowest BCUT2D eigenvalue weighted by molar-refractivity contribution is -0.145. The molecule has 1 saturated heterocycles. The number of aliphatic hydroxyl groups is 1. The third-order valence-electron chi connectivity index (χ3n) is 1.82. The van der Waals surface area contributed by atoms with Gasteiger partial charge in [-0.05, 0) is 0 Å². The number of hydrogen-bond donors (Lipinski definition) is 1. The van der Waals surface area contributed by atoms with E-state index in [4.69, 9.17) is 16.3 Å². The molecule has 0 aromatic heterocycles. The van der Waals surface area contributed by atoms with Gasteiger partial charge in [0.1, 0.15) is 0 Å². The maximum Gasteiger partial charge on any atom is 0.307 e. The first kappa shape index (κ1) is 8.09. The number of ether oxygens (including phenoxy) is 1. The standard InChI is InChI=1S/C8H10O3/c1-2-8(5-6-9)4-3-7(10)11-8/h1,9H,3-6H2. The van der Waals surface area contributed by atoms with Crippen molar-refractivity contribution in [2.75, 3.05) is 6.61 Å². The van der Waals surface area contributed by atoms with Crippen LogP contribution in [-0.2, 0) is 9.53 Å². The van der Waals surface area contributed by atoms with Gasteiger partial charge in [-0.2, -0.15) is 0 Å². The van der Waals surface area contributed by atoms with Gasteiger partial charge in [-0.15, -0.1) is 6.42 Å². The molecule has 0 amide bonds. The molecule has 1 atom stereocenters. The SMILES string of the molecule is C#CC1(CCO)CCC(=O)O1. The quantitative estimate of drug-likeness (QED) is 0.452. The van der Waals surface area contributed by atoms with Crippen molar-refractivity contribution in [1.82, 2.24) is 0 Å². The predicted octanol–water partition coefficient (Wildman–Crippen LogP) is 0.0778. The van der Waals surface area contributed by atoms with Crippen LogP contribution in [0.15, 0.2) is 0 Å². The van der Waals surface area contributed by atoms with Crippen molar-refractivity contribution in [2.24, 2.45) is 0 Å². The lowest BCUT2D eigenvalue weighted by Gasteiger charge is -2.19. The Kier molecular flexibility index (Phi) is 2.16. The van der Waals surface area contributed by atoms with Crippen molar-refractivity contribution in [2.45, 2.75) is 24.9 Å². The normalized spacial score (nSPS) is 29.6. The van der Waals surface area contributed by atoms with Gasteiger partial charge in [0.05, 0.1) is 6.42 Å². The van der Waals surface area contributed by atoms with E-state index in [0.29, 0.717) is 19.3 Å². The van der Waals surface area contributed by atoms with Gasteiger partial charge in [-0.3, -0.25) is 4.79 Å². The van der Waals surface area contributed by atoms with Crippen LogP contribution < -0.4 is 0 Å². The fourth-order valence-corrected chi connectivity index (χ4v) is 1.15. The Balaban J connectivity index is 2.64. The number of terminal acetylenes is 1. The minimum atomic E-state index is -0.814. The van der Waals surface area contributed by atoms with Gasteiger partial charge in [-0.25, -0.2) is 0 Å². The van der Waals surface area contributed by atoms with Crippen LogP contribution in [0.2, 0.25) is 0 Å². The van der Waals surface area contributed by atoms with Gasteiger partial charge in [0.15, 0.2) is 5.60 Å². The summed E-state index contributed by atoms with van der Waals surface area (Å²) in [6, 6.07) is 0. The van der Waals surface area contributed by atoms with E-state index in [1.54, 1.807) is 0 Å². The third-order valence-corrected chi connectivity index (χ3v) is 1.82. The highest BCUT2D eigenvalue weighted by Crippen LogP contribution is 2.28. The molecule has 0 aromatic carbocycles. The number of hydrogen-bond acceptors (Lipinski definition) is 3. The van der Waals surface area contributed by atoms with Crippen LogP contribution in [0.5, 0.6) is 0 Å². The first-order chi connectivity index (χ1) is 5.22. The molecular formula is C8H10O3. The maximum absolute atomic E-state index is 10.7. The summed E-state index contributed by atoms with van der Waals surface area (Å²) in [4.78, 5) is 10.7. The largest absolute Gasteiger partial charge is 0.446 e. The minimum absolute atomic E-state index is 0.0442.